The molecule has 1 unspecified atom stereocenters. The van der Waals surface area contributed by atoms with Crippen LogP contribution < -0.4 is 5.73 Å². The second-order valence-electron chi connectivity index (χ2n) is 5.01. The third-order valence-corrected chi connectivity index (χ3v) is 3.05. The van der Waals surface area contributed by atoms with Gasteiger partial charge in [0, 0.05) is 11.4 Å². The quantitative estimate of drug-likeness (QED) is 0.867. The minimum Gasteiger partial charge on any atom is -0.323 e. The SMILES string of the molecule is CC(C)CCC(N)c1ccc2ccccc2n1. The van der Waals surface area contributed by atoms with E-state index >= 15 is 0 Å². The average molecular weight is 228 g/mol. The van der Waals surface area contributed by atoms with E-state index in [1.807, 2.05) is 24.3 Å². The maximum atomic E-state index is 6.17. The van der Waals surface area contributed by atoms with Crippen molar-refractivity contribution in [1.29, 1.82) is 0 Å². The van der Waals surface area contributed by atoms with Crippen molar-refractivity contribution >= 4 is 10.9 Å². The Labute approximate surface area is 103 Å². The lowest BCUT2D eigenvalue weighted by atomic mass is 10.0. The molecule has 17 heavy (non-hydrogen) atoms. The zero-order chi connectivity index (χ0) is 12.3. The summed E-state index contributed by atoms with van der Waals surface area (Å²) >= 11 is 0. The molecule has 2 rings (SSSR count). The first-order valence-corrected chi connectivity index (χ1v) is 6.28. The van der Waals surface area contributed by atoms with Gasteiger partial charge in [-0.05, 0) is 30.9 Å². The average Bonchev–Trinajstić information content (AvgIpc) is 2.35. The van der Waals surface area contributed by atoms with Gasteiger partial charge in [0.15, 0.2) is 0 Å². The van der Waals surface area contributed by atoms with Crippen molar-refractivity contribution in [2.24, 2.45) is 11.7 Å². The number of hydrogen-bond acceptors (Lipinski definition) is 2. The molecule has 2 N–H and O–H groups in total. The van der Waals surface area contributed by atoms with Crippen LogP contribution in [-0.4, -0.2) is 4.98 Å². The summed E-state index contributed by atoms with van der Waals surface area (Å²) in [6.45, 7) is 4.45. The van der Waals surface area contributed by atoms with Gasteiger partial charge >= 0.3 is 0 Å². The number of fused-ring (bicyclic) bond motifs is 1. The number of nitrogens with two attached hydrogens (primary N) is 1. The zero-order valence-electron chi connectivity index (χ0n) is 10.6. The summed E-state index contributed by atoms with van der Waals surface area (Å²) in [6.07, 6.45) is 2.15. The van der Waals surface area contributed by atoms with Gasteiger partial charge in [-0.25, -0.2) is 0 Å². The summed E-state index contributed by atoms with van der Waals surface area (Å²) in [5, 5.41) is 1.17. The highest BCUT2D eigenvalue weighted by atomic mass is 14.8. The fraction of sp³-hybridized carbons (Fsp3) is 0.400. The Morgan fingerprint density at radius 2 is 1.82 bits per heavy atom. The highest BCUT2D eigenvalue weighted by molar-refractivity contribution is 5.78. The number of para-hydroxylation sites is 1. The maximum absolute atomic E-state index is 6.17. The van der Waals surface area contributed by atoms with Crippen LogP contribution in [0.15, 0.2) is 36.4 Å². The van der Waals surface area contributed by atoms with E-state index in [9.17, 15) is 0 Å². The van der Waals surface area contributed by atoms with Crippen molar-refractivity contribution in [1.82, 2.24) is 4.98 Å². The Hall–Kier alpha value is -1.41. The first-order chi connectivity index (χ1) is 8.16. The molecule has 0 saturated heterocycles. The molecule has 2 nitrogen and oxygen atoms in total. The van der Waals surface area contributed by atoms with Gasteiger partial charge in [0.1, 0.15) is 0 Å². The molecule has 1 atom stereocenters. The first-order valence-electron chi connectivity index (χ1n) is 6.28. The lowest BCUT2D eigenvalue weighted by Gasteiger charge is -2.13. The molecule has 0 fully saturated rings. The van der Waals surface area contributed by atoms with Crippen LogP contribution in [0.3, 0.4) is 0 Å². The van der Waals surface area contributed by atoms with Gasteiger partial charge < -0.3 is 5.73 Å². The molecule has 1 aromatic heterocycles. The van der Waals surface area contributed by atoms with Crippen LogP contribution in [0.1, 0.15) is 38.4 Å². The predicted octanol–water partition coefficient (Wildman–Crippen LogP) is 3.67. The van der Waals surface area contributed by atoms with E-state index in [1.54, 1.807) is 0 Å². The molecule has 0 saturated carbocycles. The van der Waals surface area contributed by atoms with E-state index in [4.69, 9.17) is 5.73 Å². The van der Waals surface area contributed by atoms with Crippen molar-refractivity contribution in [3.8, 4) is 0 Å². The highest BCUT2D eigenvalue weighted by Gasteiger charge is 2.08. The van der Waals surface area contributed by atoms with Crippen LogP contribution in [0.25, 0.3) is 10.9 Å². The van der Waals surface area contributed by atoms with Gasteiger partial charge in [-0.15, -0.1) is 0 Å². The van der Waals surface area contributed by atoms with Crippen LogP contribution >= 0.6 is 0 Å². The lowest BCUT2D eigenvalue weighted by molar-refractivity contribution is 0.502. The normalized spacial score (nSPS) is 13.2. The largest absolute Gasteiger partial charge is 0.323 e. The molecule has 1 aromatic carbocycles. The zero-order valence-corrected chi connectivity index (χ0v) is 10.6. The van der Waals surface area contributed by atoms with E-state index in [2.05, 4.69) is 31.0 Å². The Morgan fingerprint density at radius 1 is 1.06 bits per heavy atom. The smallest absolute Gasteiger partial charge is 0.0706 e. The Kier molecular flexibility index (Phi) is 3.75. The molecule has 0 aliphatic carbocycles. The fourth-order valence-electron chi connectivity index (χ4n) is 1.95. The van der Waals surface area contributed by atoms with Crippen LogP contribution in [0.2, 0.25) is 0 Å². The third kappa shape index (κ3) is 3.04. The second-order valence-corrected chi connectivity index (χ2v) is 5.01. The molecular formula is C15H20N2. The van der Waals surface area contributed by atoms with Gasteiger partial charge in [0.05, 0.1) is 11.2 Å². The number of aromatic nitrogens is 1. The molecular weight excluding hydrogens is 208 g/mol. The summed E-state index contributed by atoms with van der Waals surface area (Å²) in [7, 11) is 0. The molecule has 0 spiro atoms. The van der Waals surface area contributed by atoms with Crippen molar-refractivity contribution in [2.45, 2.75) is 32.7 Å². The van der Waals surface area contributed by atoms with E-state index in [-0.39, 0.29) is 6.04 Å². The van der Waals surface area contributed by atoms with Crippen LogP contribution in [0, 0.1) is 5.92 Å². The monoisotopic (exact) mass is 228 g/mol. The van der Waals surface area contributed by atoms with Gasteiger partial charge in [0.2, 0.25) is 0 Å². The first kappa shape index (κ1) is 12.1. The van der Waals surface area contributed by atoms with Gasteiger partial charge in [-0.3, -0.25) is 4.98 Å². The molecule has 0 bridgehead atoms. The maximum Gasteiger partial charge on any atom is 0.0706 e. The molecule has 0 aliphatic heterocycles. The number of hydrogen-bond donors (Lipinski definition) is 1. The van der Waals surface area contributed by atoms with E-state index in [0.29, 0.717) is 5.92 Å². The van der Waals surface area contributed by atoms with E-state index in [1.165, 1.54) is 5.39 Å². The summed E-state index contributed by atoms with van der Waals surface area (Å²) < 4.78 is 0. The van der Waals surface area contributed by atoms with Crippen molar-refractivity contribution in [3.63, 3.8) is 0 Å². The van der Waals surface area contributed by atoms with E-state index in [0.717, 1.165) is 24.1 Å². The predicted molar refractivity (Wildman–Crippen MR) is 72.7 cm³/mol. The third-order valence-electron chi connectivity index (χ3n) is 3.05. The second kappa shape index (κ2) is 5.28. The summed E-state index contributed by atoms with van der Waals surface area (Å²) in [4.78, 5) is 4.63. The van der Waals surface area contributed by atoms with Crippen molar-refractivity contribution in [2.75, 3.05) is 0 Å². The highest BCUT2D eigenvalue weighted by Crippen LogP contribution is 2.19. The van der Waals surface area contributed by atoms with Crippen molar-refractivity contribution in [3.05, 3.63) is 42.1 Å². The summed E-state index contributed by atoms with van der Waals surface area (Å²) in [5.41, 5.74) is 8.21. The fourth-order valence-corrected chi connectivity index (χ4v) is 1.95. The topological polar surface area (TPSA) is 38.9 Å². The number of pyridine rings is 1. The van der Waals surface area contributed by atoms with E-state index < -0.39 is 0 Å². The lowest BCUT2D eigenvalue weighted by Crippen LogP contribution is -2.12. The van der Waals surface area contributed by atoms with Crippen LogP contribution in [0.4, 0.5) is 0 Å². The van der Waals surface area contributed by atoms with Crippen LogP contribution in [-0.2, 0) is 0 Å². The molecule has 90 valence electrons. The number of benzene rings is 1. The van der Waals surface area contributed by atoms with Crippen LogP contribution in [0.5, 0.6) is 0 Å². The van der Waals surface area contributed by atoms with Gasteiger partial charge in [0.25, 0.3) is 0 Å². The van der Waals surface area contributed by atoms with Gasteiger partial charge in [-0.1, -0.05) is 38.1 Å². The Morgan fingerprint density at radius 3 is 2.59 bits per heavy atom. The minimum absolute atomic E-state index is 0.0574. The Balaban J connectivity index is 2.18. The molecule has 2 heteroatoms. The molecule has 1 heterocycles. The van der Waals surface area contributed by atoms with Gasteiger partial charge in [-0.2, -0.15) is 0 Å². The minimum atomic E-state index is 0.0574. The molecule has 2 aromatic rings. The molecule has 0 amide bonds. The number of nitrogens with zero attached hydrogens (tertiary/aromatic N) is 1. The number of rotatable bonds is 4. The summed E-state index contributed by atoms with van der Waals surface area (Å²) in [5.74, 6) is 0.696. The standard InChI is InChI=1S/C15H20N2/c1-11(2)7-9-13(16)15-10-8-12-5-3-4-6-14(12)17-15/h3-6,8,10-11,13H,7,9,16H2,1-2H3. The summed E-state index contributed by atoms with van der Waals surface area (Å²) in [6, 6.07) is 12.4. The Bertz CT molecular complexity index is 491. The van der Waals surface area contributed by atoms with Crippen molar-refractivity contribution < 1.29 is 0 Å². The molecule has 0 aliphatic rings. The molecule has 0 radical (unpaired) electrons.